The fourth-order valence-electron chi connectivity index (χ4n) is 4.64. The van der Waals surface area contributed by atoms with E-state index in [2.05, 4.69) is 47.6 Å². The lowest BCUT2D eigenvalue weighted by molar-refractivity contribution is -0.0105. The van der Waals surface area contributed by atoms with E-state index >= 15 is 0 Å². The molecule has 5 nitrogen and oxygen atoms in total. The fourth-order valence-corrected chi connectivity index (χ4v) is 6.11. The van der Waals surface area contributed by atoms with E-state index in [1.807, 2.05) is 0 Å². The number of guanidine groups is 1. The topological polar surface area (TPSA) is 40.1 Å². The third-order valence-electron chi connectivity index (χ3n) is 6.01. The van der Waals surface area contributed by atoms with Gasteiger partial charge < -0.3 is 15.0 Å². The van der Waals surface area contributed by atoms with Crippen LogP contribution in [0.1, 0.15) is 40.0 Å². The Kier molecular flexibility index (Phi) is 9.99. The van der Waals surface area contributed by atoms with E-state index in [9.17, 15) is 0 Å². The minimum absolute atomic E-state index is 0. The summed E-state index contributed by atoms with van der Waals surface area (Å²) in [5, 5.41) is 3.57. The van der Waals surface area contributed by atoms with Gasteiger partial charge in [0.2, 0.25) is 0 Å². The lowest BCUT2D eigenvalue weighted by atomic mass is 9.96. The molecule has 0 aromatic carbocycles. The summed E-state index contributed by atoms with van der Waals surface area (Å²) in [5.74, 6) is 5.24. The zero-order valence-electron chi connectivity index (χ0n) is 17.4. The molecule has 27 heavy (non-hydrogen) atoms. The van der Waals surface area contributed by atoms with Gasteiger partial charge in [-0.3, -0.25) is 9.89 Å². The minimum atomic E-state index is 0. The molecule has 2 atom stereocenters. The summed E-state index contributed by atoms with van der Waals surface area (Å²) in [6, 6.07) is 0. The molecule has 3 aliphatic rings. The number of nitrogens with one attached hydrogen (secondary N) is 1. The van der Waals surface area contributed by atoms with Crippen molar-refractivity contribution in [1.82, 2.24) is 15.1 Å². The monoisotopic (exact) mass is 510 g/mol. The molecule has 3 saturated heterocycles. The molecule has 3 aliphatic heterocycles. The maximum atomic E-state index is 5.59. The van der Waals surface area contributed by atoms with Crippen LogP contribution in [0.25, 0.3) is 0 Å². The number of rotatable bonds is 6. The predicted octanol–water partition coefficient (Wildman–Crippen LogP) is 3.15. The number of halogens is 1. The van der Waals surface area contributed by atoms with Gasteiger partial charge in [0.25, 0.3) is 0 Å². The molecule has 158 valence electrons. The van der Waals surface area contributed by atoms with E-state index in [-0.39, 0.29) is 29.5 Å². The van der Waals surface area contributed by atoms with Crippen molar-refractivity contribution in [3.63, 3.8) is 0 Å². The molecule has 0 amide bonds. The molecule has 0 aliphatic carbocycles. The normalized spacial score (nSPS) is 30.0. The number of aliphatic imine (C=N–C) groups is 1. The summed E-state index contributed by atoms with van der Waals surface area (Å²) >= 11 is 2.09. The lowest BCUT2D eigenvalue weighted by Crippen LogP contribution is -2.56. The van der Waals surface area contributed by atoms with Gasteiger partial charge in [-0.1, -0.05) is 13.8 Å². The molecule has 7 heteroatoms. The van der Waals surface area contributed by atoms with Crippen molar-refractivity contribution in [3.8, 4) is 0 Å². The van der Waals surface area contributed by atoms with Gasteiger partial charge >= 0.3 is 0 Å². The second kappa shape index (κ2) is 11.5. The van der Waals surface area contributed by atoms with Crippen LogP contribution in [0.4, 0.5) is 0 Å². The van der Waals surface area contributed by atoms with Crippen LogP contribution in [0.2, 0.25) is 0 Å². The molecular weight excluding hydrogens is 471 g/mol. The van der Waals surface area contributed by atoms with Crippen LogP contribution in [0, 0.1) is 11.8 Å². The molecule has 3 fully saturated rings. The molecule has 0 bridgehead atoms. The quantitative estimate of drug-likeness (QED) is 0.338. The molecule has 2 unspecified atom stereocenters. The van der Waals surface area contributed by atoms with E-state index in [0.717, 1.165) is 63.7 Å². The number of likely N-dealkylation sites (tertiary alicyclic amines) is 1. The first-order chi connectivity index (χ1) is 12.6. The van der Waals surface area contributed by atoms with Crippen LogP contribution in [0.5, 0.6) is 0 Å². The van der Waals surface area contributed by atoms with Gasteiger partial charge in [0, 0.05) is 38.5 Å². The Hall–Kier alpha value is 0.270. The highest BCUT2D eigenvalue weighted by Crippen LogP contribution is 2.34. The Balaban J connectivity index is 0.00000261. The number of hydrogen-bond acceptors (Lipinski definition) is 4. The second-order valence-electron chi connectivity index (χ2n) is 8.53. The molecule has 0 spiro atoms. The van der Waals surface area contributed by atoms with Crippen molar-refractivity contribution in [2.45, 2.75) is 45.6 Å². The van der Waals surface area contributed by atoms with E-state index < -0.39 is 0 Å². The molecule has 0 aromatic heterocycles. The molecule has 0 radical (unpaired) electrons. The third kappa shape index (κ3) is 6.37. The molecule has 3 rings (SSSR count). The van der Waals surface area contributed by atoms with Crippen molar-refractivity contribution in [1.29, 1.82) is 0 Å². The van der Waals surface area contributed by atoms with Crippen LogP contribution in [-0.4, -0.2) is 85.3 Å². The van der Waals surface area contributed by atoms with Gasteiger partial charge in [-0.2, -0.15) is 11.8 Å². The van der Waals surface area contributed by atoms with Crippen LogP contribution >= 0.6 is 35.7 Å². The second-order valence-corrected chi connectivity index (χ2v) is 9.63. The van der Waals surface area contributed by atoms with Crippen LogP contribution < -0.4 is 5.32 Å². The Bertz CT molecular complexity index is 465. The van der Waals surface area contributed by atoms with E-state index in [1.165, 1.54) is 37.3 Å². The molecular formula is C20H39IN4OS. The summed E-state index contributed by atoms with van der Waals surface area (Å²) in [6.45, 7) is 14.9. The lowest BCUT2D eigenvalue weighted by Gasteiger charge is -2.42. The van der Waals surface area contributed by atoms with Crippen LogP contribution in [0.3, 0.4) is 0 Å². The average molecular weight is 511 g/mol. The van der Waals surface area contributed by atoms with Crippen molar-refractivity contribution >= 4 is 41.7 Å². The van der Waals surface area contributed by atoms with Crippen molar-refractivity contribution in [2.75, 3.05) is 64.0 Å². The number of hydrogen-bond donors (Lipinski definition) is 1. The van der Waals surface area contributed by atoms with Gasteiger partial charge in [0.1, 0.15) is 0 Å². The first-order valence-corrected chi connectivity index (χ1v) is 11.7. The Morgan fingerprint density at radius 1 is 1.30 bits per heavy atom. The van der Waals surface area contributed by atoms with Crippen molar-refractivity contribution in [3.05, 3.63) is 0 Å². The first-order valence-electron chi connectivity index (χ1n) is 10.6. The number of thioether (sulfide) groups is 1. The van der Waals surface area contributed by atoms with Crippen molar-refractivity contribution < 1.29 is 4.74 Å². The SMILES string of the molecule is CCNC(=NCC1(N2CCOCC2)CCSC1)N1CCC(CC(C)C)C1.I. The third-order valence-corrected chi connectivity index (χ3v) is 7.25. The maximum absolute atomic E-state index is 5.59. The van der Waals surface area contributed by atoms with Crippen LogP contribution in [-0.2, 0) is 4.74 Å². The van der Waals surface area contributed by atoms with Gasteiger partial charge in [-0.05, 0) is 43.8 Å². The van der Waals surface area contributed by atoms with Gasteiger partial charge in [-0.15, -0.1) is 24.0 Å². The summed E-state index contributed by atoms with van der Waals surface area (Å²) in [7, 11) is 0. The van der Waals surface area contributed by atoms with E-state index in [4.69, 9.17) is 9.73 Å². The smallest absolute Gasteiger partial charge is 0.193 e. The standard InChI is InChI=1S/C20H38N4OS.HI/c1-4-21-19(23-7-5-18(14-23)13-17(2)3)22-15-20(6-12-26-16-20)24-8-10-25-11-9-24;/h17-18H,4-16H2,1-3H3,(H,21,22);1H. The molecule has 0 saturated carbocycles. The highest BCUT2D eigenvalue weighted by Gasteiger charge is 2.41. The Labute approximate surface area is 187 Å². The zero-order valence-corrected chi connectivity index (χ0v) is 20.6. The average Bonchev–Trinajstić information content (AvgIpc) is 3.29. The highest BCUT2D eigenvalue weighted by molar-refractivity contribution is 14.0. The number of nitrogens with zero attached hydrogens (tertiary/aromatic N) is 3. The summed E-state index contributed by atoms with van der Waals surface area (Å²) in [6.07, 6.45) is 3.91. The zero-order chi connectivity index (χ0) is 18.4. The molecule has 1 N–H and O–H groups in total. The van der Waals surface area contributed by atoms with Gasteiger partial charge in [0.05, 0.1) is 25.3 Å². The number of ether oxygens (including phenoxy) is 1. The Morgan fingerprint density at radius 3 is 2.70 bits per heavy atom. The van der Waals surface area contributed by atoms with E-state index in [0.29, 0.717) is 0 Å². The summed E-state index contributed by atoms with van der Waals surface area (Å²) < 4.78 is 5.59. The minimum Gasteiger partial charge on any atom is -0.379 e. The van der Waals surface area contributed by atoms with E-state index in [1.54, 1.807) is 0 Å². The summed E-state index contributed by atoms with van der Waals surface area (Å²) in [4.78, 5) is 10.3. The summed E-state index contributed by atoms with van der Waals surface area (Å²) in [5.41, 5.74) is 0.242. The maximum Gasteiger partial charge on any atom is 0.193 e. The van der Waals surface area contributed by atoms with Gasteiger partial charge in [-0.25, -0.2) is 0 Å². The van der Waals surface area contributed by atoms with Crippen LogP contribution in [0.15, 0.2) is 4.99 Å². The highest BCUT2D eigenvalue weighted by atomic mass is 127. The van der Waals surface area contributed by atoms with Gasteiger partial charge in [0.15, 0.2) is 5.96 Å². The predicted molar refractivity (Wildman–Crippen MR) is 128 cm³/mol. The number of morpholine rings is 1. The van der Waals surface area contributed by atoms with Crippen molar-refractivity contribution in [2.24, 2.45) is 16.8 Å². The largest absolute Gasteiger partial charge is 0.379 e. The Morgan fingerprint density at radius 2 is 2.07 bits per heavy atom. The molecule has 0 aromatic rings. The first kappa shape index (κ1) is 23.5. The fraction of sp³-hybridized carbons (Fsp3) is 0.950. The molecule has 3 heterocycles.